The van der Waals surface area contributed by atoms with Gasteiger partial charge in [-0.1, -0.05) is 13.8 Å². The van der Waals surface area contributed by atoms with Gasteiger partial charge in [-0.3, -0.25) is 0 Å². The lowest BCUT2D eigenvalue weighted by atomic mass is 9.85. The van der Waals surface area contributed by atoms with Crippen LogP contribution in [0.2, 0.25) is 0 Å². The number of halogens is 1. The highest BCUT2D eigenvalue weighted by atomic mass is 32.2. The second-order valence-corrected chi connectivity index (χ2v) is 7.38. The Morgan fingerprint density at radius 1 is 1.38 bits per heavy atom. The largest absolute Gasteiger partial charge is 0.478 e. The van der Waals surface area contributed by atoms with E-state index in [1.165, 1.54) is 0 Å². The van der Waals surface area contributed by atoms with E-state index in [4.69, 9.17) is 5.11 Å². The molecule has 1 aromatic rings. The summed E-state index contributed by atoms with van der Waals surface area (Å²) >= 11 is 0. The third-order valence-corrected chi connectivity index (χ3v) is 5.60. The molecule has 0 aliphatic carbocycles. The molecular weight excluding hydrogens is 301 g/mol. The number of aromatic carboxylic acids is 1. The molecule has 2 rings (SSSR count). The quantitative estimate of drug-likeness (QED) is 0.861. The van der Waals surface area contributed by atoms with Gasteiger partial charge < -0.3 is 10.2 Å². The van der Waals surface area contributed by atoms with Crippen LogP contribution in [0.4, 0.5) is 4.39 Å². The monoisotopic (exact) mass is 317 g/mol. The van der Waals surface area contributed by atoms with Crippen molar-refractivity contribution in [1.29, 1.82) is 0 Å². The van der Waals surface area contributed by atoms with Gasteiger partial charge in [0.1, 0.15) is 5.82 Å². The Bertz CT molecular complexity index is 680. The van der Waals surface area contributed by atoms with Crippen molar-refractivity contribution in [2.24, 2.45) is 5.92 Å². The minimum Gasteiger partial charge on any atom is -0.478 e. The van der Waals surface area contributed by atoms with Crippen molar-refractivity contribution in [3.05, 3.63) is 29.6 Å². The number of rotatable bonds is 4. The van der Waals surface area contributed by atoms with Gasteiger partial charge in [0.2, 0.25) is 10.0 Å². The van der Waals surface area contributed by atoms with E-state index in [2.05, 4.69) is 0 Å². The average molecular weight is 317 g/mol. The van der Waals surface area contributed by atoms with E-state index in [0.717, 1.165) is 16.4 Å². The van der Waals surface area contributed by atoms with Gasteiger partial charge in [0, 0.05) is 13.1 Å². The molecule has 116 valence electrons. The number of carboxylic acids is 1. The maximum absolute atomic E-state index is 13.3. The zero-order valence-corrected chi connectivity index (χ0v) is 12.4. The molecule has 0 bridgehead atoms. The molecule has 0 unspecified atom stereocenters. The molecule has 0 atom stereocenters. The Kier molecular flexibility index (Phi) is 3.81. The van der Waals surface area contributed by atoms with Gasteiger partial charge in [-0.2, -0.15) is 4.31 Å². The van der Waals surface area contributed by atoms with Crippen LogP contribution in [0.3, 0.4) is 0 Å². The standard InChI is InChI=1S/C13H16FNO5S/c1-8(2)13(18)6-15(7-13)21(19,20)11-5-9(14)3-4-10(11)12(16)17/h3-5,8,18H,6-7H2,1-2H3,(H,16,17). The molecule has 1 aromatic carbocycles. The van der Waals surface area contributed by atoms with Crippen molar-refractivity contribution in [1.82, 2.24) is 4.31 Å². The molecule has 2 N–H and O–H groups in total. The topological polar surface area (TPSA) is 94.9 Å². The predicted molar refractivity (Wildman–Crippen MR) is 71.9 cm³/mol. The van der Waals surface area contributed by atoms with Gasteiger partial charge in [0.15, 0.2) is 0 Å². The number of aliphatic hydroxyl groups is 1. The Balaban J connectivity index is 2.39. The molecule has 0 radical (unpaired) electrons. The minimum atomic E-state index is -4.15. The number of carbonyl (C=O) groups is 1. The van der Waals surface area contributed by atoms with E-state index < -0.39 is 37.9 Å². The molecule has 1 fully saturated rings. The first-order valence-corrected chi connectivity index (χ1v) is 7.77. The number of hydrogen-bond donors (Lipinski definition) is 2. The third kappa shape index (κ3) is 2.66. The lowest BCUT2D eigenvalue weighted by Gasteiger charge is -2.47. The van der Waals surface area contributed by atoms with Gasteiger partial charge in [0.25, 0.3) is 0 Å². The number of sulfonamides is 1. The van der Waals surface area contributed by atoms with Gasteiger partial charge in [0.05, 0.1) is 16.1 Å². The zero-order chi connectivity index (χ0) is 16.0. The maximum Gasteiger partial charge on any atom is 0.337 e. The summed E-state index contributed by atoms with van der Waals surface area (Å²) in [7, 11) is -4.15. The van der Waals surface area contributed by atoms with Crippen molar-refractivity contribution < 1.29 is 27.8 Å². The Labute approximate surface area is 121 Å². The molecule has 1 heterocycles. The number of carboxylic acid groups (broad SMARTS) is 1. The lowest BCUT2D eigenvalue weighted by Crippen LogP contribution is -2.65. The fraction of sp³-hybridized carbons (Fsp3) is 0.462. The van der Waals surface area contributed by atoms with E-state index in [-0.39, 0.29) is 19.0 Å². The summed E-state index contributed by atoms with van der Waals surface area (Å²) in [4.78, 5) is 10.5. The normalized spacial score (nSPS) is 18.5. The number of β-amino-alcohol motifs (C(OH)–C–C–N with tert-alkyl or cyclic N) is 1. The van der Waals surface area contributed by atoms with Gasteiger partial charge in [-0.25, -0.2) is 17.6 Å². The van der Waals surface area contributed by atoms with Crippen LogP contribution in [0.5, 0.6) is 0 Å². The van der Waals surface area contributed by atoms with Crippen LogP contribution in [-0.4, -0.2) is 47.6 Å². The van der Waals surface area contributed by atoms with Crippen molar-refractivity contribution in [2.45, 2.75) is 24.3 Å². The first-order valence-electron chi connectivity index (χ1n) is 6.33. The smallest absolute Gasteiger partial charge is 0.337 e. The van der Waals surface area contributed by atoms with E-state index >= 15 is 0 Å². The van der Waals surface area contributed by atoms with Crippen LogP contribution >= 0.6 is 0 Å². The second-order valence-electron chi connectivity index (χ2n) is 5.48. The first kappa shape index (κ1) is 15.9. The summed E-state index contributed by atoms with van der Waals surface area (Å²) in [5.41, 5.74) is -1.62. The zero-order valence-electron chi connectivity index (χ0n) is 11.6. The number of hydrogen-bond acceptors (Lipinski definition) is 4. The summed E-state index contributed by atoms with van der Waals surface area (Å²) < 4.78 is 39.0. The SMILES string of the molecule is CC(C)C1(O)CN(S(=O)(=O)c2cc(F)ccc2C(=O)O)C1. The molecule has 6 nitrogen and oxygen atoms in total. The number of benzene rings is 1. The van der Waals surface area contributed by atoms with Crippen LogP contribution in [-0.2, 0) is 10.0 Å². The molecule has 1 saturated heterocycles. The van der Waals surface area contributed by atoms with Gasteiger partial charge in [-0.05, 0) is 24.1 Å². The van der Waals surface area contributed by atoms with Crippen LogP contribution in [0, 0.1) is 11.7 Å². The Morgan fingerprint density at radius 2 is 1.95 bits per heavy atom. The highest BCUT2D eigenvalue weighted by Crippen LogP contribution is 2.34. The first-order chi connectivity index (χ1) is 9.58. The van der Waals surface area contributed by atoms with Crippen molar-refractivity contribution in [3.8, 4) is 0 Å². The maximum atomic E-state index is 13.3. The molecule has 8 heteroatoms. The predicted octanol–water partition coefficient (Wildman–Crippen LogP) is 0.915. The second kappa shape index (κ2) is 5.04. The summed E-state index contributed by atoms with van der Waals surface area (Å²) in [5, 5.41) is 19.1. The number of nitrogens with zero attached hydrogens (tertiary/aromatic N) is 1. The molecule has 21 heavy (non-hydrogen) atoms. The van der Waals surface area contributed by atoms with Crippen LogP contribution < -0.4 is 0 Å². The molecule has 0 aromatic heterocycles. The van der Waals surface area contributed by atoms with E-state index in [1.807, 2.05) is 0 Å². The van der Waals surface area contributed by atoms with Crippen LogP contribution in [0.25, 0.3) is 0 Å². The van der Waals surface area contributed by atoms with Crippen molar-refractivity contribution >= 4 is 16.0 Å². The summed E-state index contributed by atoms with van der Waals surface area (Å²) in [6, 6.07) is 2.49. The lowest BCUT2D eigenvalue weighted by molar-refractivity contribution is -0.0932. The molecule has 1 aliphatic rings. The Morgan fingerprint density at radius 3 is 2.43 bits per heavy atom. The Hall–Kier alpha value is -1.51. The average Bonchev–Trinajstić information content (AvgIpc) is 2.34. The van der Waals surface area contributed by atoms with E-state index in [1.54, 1.807) is 13.8 Å². The van der Waals surface area contributed by atoms with Crippen molar-refractivity contribution in [2.75, 3.05) is 13.1 Å². The van der Waals surface area contributed by atoms with Gasteiger partial charge in [-0.15, -0.1) is 0 Å². The van der Waals surface area contributed by atoms with E-state index in [0.29, 0.717) is 6.07 Å². The molecule has 0 saturated carbocycles. The molecular formula is C13H16FNO5S. The molecule has 1 aliphatic heterocycles. The van der Waals surface area contributed by atoms with Gasteiger partial charge >= 0.3 is 5.97 Å². The van der Waals surface area contributed by atoms with E-state index in [9.17, 15) is 22.7 Å². The van der Waals surface area contributed by atoms with Crippen LogP contribution in [0.1, 0.15) is 24.2 Å². The van der Waals surface area contributed by atoms with Crippen molar-refractivity contribution in [3.63, 3.8) is 0 Å². The summed E-state index contributed by atoms with van der Waals surface area (Å²) in [6.45, 7) is 3.24. The molecule has 0 spiro atoms. The fourth-order valence-corrected chi connectivity index (χ4v) is 3.88. The third-order valence-electron chi connectivity index (χ3n) is 3.77. The fourth-order valence-electron chi connectivity index (χ4n) is 2.12. The summed E-state index contributed by atoms with van der Waals surface area (Å²) in [5.74, 6) is -2.43. The summed E-state index contributed by atoms with van der Waals surface area (Å²) in [6.07, 6.45) is 0. The van der Waals surface area contributed by atoms with Crippen LogP contribution in [0.15, 0.2) is 23.1 Å². The minimum absolute atomic E-state index is 0.136. The highest BCUT2D eigenvalue weighted by molar-refractivity contribution is 7.89. The highest BCUT2D eigenvalue weighted by Gasteiger charge is 2.49. The molecule has 0 amide bonds.